The van der Waals surface area contributed by atoms with Crippen molar-refractivity contribution in [2.45, 2.75) is 6.92 Å². The van der Waals surface area contributed by atoms with E-state index < -0.39 is 11.8 Å². The smallest absolute Gasteiger partial charge is 0.260 e. The number of piperazine rings is 1. The molecule has 2 aliphatic heterocycles. The Bertz CT molecular complexity index is 1050. The minimum Gasteiger partial charge on any atom is -0.369 e. The molecule has 0 aliphatic carbocycles. The number of anilines is 3. The Morgan fingerprint density at radius 2 is 1.61 bits per heavy atom. The van der Waals surface area contributed by atoms with Crippen LogP contribution < -0.4 is 20.9 Å². The van der Waals surface area contributed by atoms with Crippen LogP contribution in [0.3, 0.4) is 0 Å². The number of fused-ring (bicyclic) bond motifs is 1. The van der Waals surface area contributed by atoms with Crippen molar-refractivity contribution < 1.29 is 14.4 Å². The number of nitrogens with one attached hydrogen (secondary N) is 3. The van der Waals surface area contributed by atoms with Gasteiger partial charge in [-0.1, -0.05) is 6.07 Å². The Morgan fingerprint density at radius 1 is 0.935 bits per heavy atom. The number of carbonyl (C=O) groups excluding carboxylic acids is 3. The topological polar surface area (TPSA) is 93.8 Å². The maximum absolute atomic E-state index is 12.4. The average molecular weight is 419 g/mol. The second-order valence-electron chi connectivity index (χ2n) is 7.76. The molecule has 2 heterocycles. The van der Waals surface area contributed by atoms with Gasteiger partial charge in [-0.15, -0.1) is 0 Å². The van der Waals surface area contributed by atoms with E-state index in [0.717, 1.165) is 31.9 Å². The van der Waals surface area contributed by atoms with Crippen LogP contribution in [0.15, 0.2) is 48.7 Å². The zero-order chi connectivity index (χ0) is 22.0. The summed E-state index contributed by atoms with van der Waals surface area (Å²) in [6.07, 6.45) is 1.60. The van der Waals surface area contributed by atoms with Crippen molar-refractivity contribution >= 4 is 40.4 Å². The van der Waals surface area contributed by atoms with Crippen LogP contribution in [0.4, 0.5) is 17.1 Å². The Kier molecular flexibility index (Phi) is 5.73. The van der Waals surface area contributed by atoms with Gasteiger partial charge in [0.1, 0.15) is 0 Å². The van der Waals surface area contributed by atoms with E-state index in [1.807, 2.05) is 12.1 Å². The van der Waals surface area contributed by atoms with E-state index in [4.69, 9.17) is 0 Å². The van der Waals surface area contributed by atoms with E-state index in [2.05, 4.69) is 44.9 Å². The fourth-order valence-corrected chi connectivity index (χ4v) is 3.74. The predicted molar refractivity (Wildman–Crippen MR) is 121 cm³/mol. The number of likely N-dealkylation sites (N-methyl/N-ethyl adjacent to an activating group) is 1. The molecule has 3 N–H and O–H groups in total. The number of nitrogens with zero attached hydrogens (tertiary/aromatic N) is 2. The highest BCUT2D eigenvalue weighted by molar-refractivity contribution is 6.31. The Hall–Kier alpha value is -3.65. The van der Waals surface area contributed by atoms with Crippen LogP contribution in [-0.2, 0) is 9.59 Å². The highest BCUT2D eigenvalue weighted by Crippen LogP contribution is 2.27. The van der Waals surface area contributed by atoms with Crippen LogP contribution in [0.1, 0.15) is 22.8 Å². The second kappa shape index (κ2) is 8.61. The van der Waals surface area contributed by atoms with Crippen LogP contribution >= 0.6 is 0 Å². The van der Waals surface area contributed by atoms with E-state index in [9.17, 15) is 14.4 Å². The summed E-state index contributed by atoms with van der Waals surface area (Å²) in [6.45, 7) is 5.48. The van der Waals surface area contributed by atoms with E-state index in [-0.39, 0.29) is 5.91 Å². The van der Waals surface area contributed by atoms with Crippen molar-refractivity contribution in [3.8, 4) is 0 Å². The Morgan fingerprint density at radius 3 is 2.29 bits per heavy atom. The third-order valence-electron chi connectivity index (χ3n) is 5.47. The fourth-order valence-electron chi connectivity index (χ4n) is 3.74. The van der Waals surface area contributed by atoms with Crippen molar-refractivity contribution in [2.75, 3.05) is 48.8 Å². The van der Waals surface area contributed by atoms with Crippen LogP contribution in [0.25, 0.3) is 5.57 Å². The van der Waals surface area contributed by atoms with Crippen LogP contribution in [0.2, 0.25) is 0 Å². The van der Waals surface area contributed by atoms with Gasteiger partial charge in [0.2, 0.25) is 5.91 Å². The standard InChI is InChI=1S/C23H25N5O3/c1-15(29)25-17-5-8-19-20(13-17)22(30)26-23(31)21(19)14-24-16-3-6-18(7-4-16)28-11-9-27(2)10-12-28/h3-8,13-14,24H,9-12H2,1-2H3,(H,25,29)(H,26,30,31)/b21-14-. The molecular weight excluding hydrogens is 394 g/mol. The first-order valence-corrected chi connectivity index (χ1v) is 10.2. The van der Waals surface area contributed by atoms with Gasteiger partial charge in [-0.05, 0) is 43.4 Å². The second-order valence-corrected chi connectivity index (χ2v) is 7.76. The number of imide groups is 1. The lowest BCUT2D eigenvalue weighted by molar-refractivity contribution is -0.115. The molecule has 0 aromatic heterocycles. The zero-order valence-electron chi connectivity index (χ0n) is 17.6. The normalized spacial score (nSPS) is 17.9. The molecule has 1 saturated heterocycles. The molecular formula is C23H25N5O3. The summed E-state index contributed by atoms with van der Waals surface area (Å²) in [5.74, 6) is -1.18. The molecule has 8 heteroatoms. The molecule has 1 fully saturated rings. The van der Waals surface area contributed by atoms with Crippen LogP contribution in [0.5, 0.6) is 0 Å². The van der Waals surface area contributed by atoms with Crippen molar-refractivity contribution in [3.63, 3.8) is 0 Å². The first kappa shape index (κ1) is 20.6. The number of benzene rings is 2. The van der Waals surface area contributed by atoms with E-state index in [1.54, 1.807) is 24.4 Å². The first-order valence-electron chi connectivity index (χ1n) is 10.2. The molecule has 0 unspecified atom stereocenters. The van der Waals surface area contributed by atoms with Crippen LogP contribution in [0, 0.1) is 0 Å². The molecule has 8 nitrogen and oxygen atoms in total. The molecule has 2 aromatic carbocycles. The molecule has 31 heavy (non-hydrogen) atoms. The fraction of sp³-hybridized carbons (Fsp3) is 0.261. The summed E-state index contributed by atoms with van der Waals surface area (Å²) in [6, 6.07) is 13.0. The monoisotopic (exact) mass is 419 g/mol. The maximum Gasteiger partial charge on any atom is 0.260 e. The molecule has 0 saturated carbocycles. The number of carbonyl (C=O) groups is 3. The first-order chi connectivity index (χ1) is 14.9. The van der Waals surface area contributed by atoms with Crippen molar-refractivity contribution in [1.29, 1.82) is 0 Å². The number of hydrogen-bond donors (Lipinski definition) is 3. The van der Waals surface area contributed by atoms with Crippen molar-refractivity contribution in [2.24, 2.45) is 0 Å². The van der Waals surface area contributed by atoms with Gasteiger partial charge in [0, 0.05) is 67.5 Å². The number of hydrogen-bond acceptors (Lipinski definition) is 6. The molecule has 160 valence electrons. The van der Waals surface area contributed by atoms with Crippen molar-refractivity contribution in [3.05, 3.63) is 59.8 Å². The molecule has 3 amide bonds. The predicted octanol–water partition coefficient (Wildman–Crippen LogP) is 2.12. The van der Waals surface area contributed by atoms with Gasteiger partial charge < -0.3 is 20.4 Å². The highest BCUT2D eigenvalue weighted by atomic mass is 16.2. The van der Waals surface area contributed by atoms with Gasteiger partial charge in [-0.2, -0.15) is 0 Å². The van der Waals surface area contributed by atoms with E-state index >= 15 is 0 Å². The summed E-state index contributed by atoms with van der Waals surface area (Å²) in [4.78, 5) is 40.6. The van der Waals surface area contributed by atoms with Gasteiger partial charge in [-0.25, -0.2) is 0 Å². The average Bonchev–Trinajstić information content (AvgIpc) is 2.74. The van der Waals surface area contributed by atoms with Crippen molar-refractivity contribution in [1.82, 2.24) is 10.2 Å². The Labute approximate surface area is 180 Å². The highest BCUT2D eigenvalue weighted by Gasteiger charge is 2.27. The quantitative estimate of drug-likeness (QED) is 0.519. The van der Waals surface area contributed by atoms with Gasteiger partial charge in [-0.3, -0.25) is 19.7 Å². The van der Waals surface area contributed by atoms with Gasteiger partial charge in [0.25, 0.3) is 11.8 Å². The number of rotatable bonds is 4. The van der Waals surface area contributed by atoms with Crippen LogP contribution in [-0.4, -0.2) is 55.8 Å². The third-order valence-corrected chi connectivity index (χ3v) is 5.47. The maximum atomic E-state index is 12.4. The molecule has 0 bridgehead atoms. The van der Waals surface area contributed by atoms with Gasteiger partial charge in [0.15, 0.2) is 0 Å². The van der Waals surface area contributed by atoms with E-state index in [0.29, 0.717) is 22.4 Å². The molecule has 2 aliphatic rings. The molecule has 0 radical (unpaired) electrons. The summed E-state index contributed by atoms with van der Waals surface area (Å²) in [5, 5.41) is 8.15. The minimum absolute atomic E-state index is 0.232. The lowest BCUT2D eigenvalue weighted by atomic mass is 9.95. The minimum atomic E-state index is -0.485. The van der Waals surface area contributed by atoms with E-state index in [1.165, 1.54) is 12.6 Å². The lowest BCUT2D eigenvalue weighted by Gasteiger charge is -2.34. The summed E-state index contributed by atoms with van der Waals surface area (Å²) >= 11 is 0. The van der Waals surface area contributed by atoms with Gasteiger partial charge >= 0.3 is 0 Å². The SMILES string of the molecule is CC(=O)Nc1ccc2c(c1)C(=O)NC(=O)/C2=C\Nc1ccc(N2CCN(C)CC2)cc1. The zero-order valence-corrected chi connectivity index (χ0v) is 17.6. The lowest BCUT2D eigenvalue weighted by Crippen LogP contribution is -2.44. The van der Waals surface area contributed by atoms with Gasteiger partial charge in [0.05, 0.1) is 5.57 Å². The number of amides is 3. The summed E-state index contributed by atoms with van der Waals surface area (Å²) in [7, 11) is 2.13. The molecule has 4 rings (SSSR count). The molecule has 0 atom stereocenters. The largest absolute Gasteiger partial charge is 0.369 e. The summed E-state index contributed by atoms with van der Waals surface area (Å²) < 4.78 is 0. The third kappa shape index (κ3) is 4.59. The Balaban J connectivity index is 1.52. The summed E-state index contributed by atoms with van der Waals surface area (Å²) in [5.41, 5.74) is 3.72. The molecule has 2 aromatic rings. The molecule has 0 spiro atoms.